The molecule has 1 amide bonds. The molecule has 5 heteroatoms. The third-order valence-corrected chi connectivity index (χ3v) is 3.60. The van der Waals surface area contributed by atoms with Gasteiger partial charge in [0.2, 0.25) is 0 Å². The zero-order valence-corrected chi connectivity index (χ0v) is 11.5. The fourth-order valence-corrected chi connectivity index (χ4v) is 2.24. The molecular weight excluding hydrogens is 250 g/mol. The van der Waals surface area contributed by atoms with Crippen molar-refractivity contribution in [2.24, 2.45) is 0 Å². The van der Waals surface area contributed by atoms with Crippen molar-refractivity contribution in [3.63, 3.8) is 0 Å². The normalized spacial score (nSPS) is 16.8. The van der Waals surface area contributed by atoms with Gasteiger partial charge in [-0.15, -0.1) is 0 Å². The summed E-state index contributed by atoms with van der Waals surface area (Å²) < 4.78 is 0. The second-order valence-corrected chi connectivity index (χ2v) is 5.33. The molecule has 18 heavy (non-hydrogen) atoms. The summed E-state index contributed by atoms with van der Waals surface area (Å²) in [7, 11) is 0. The minimum Gasteiger partial charge on any atom is -0.370 e. The number of hydrogen-bond donors (Lipinski definition) is 2. The third kappa shape index (κ3) is 2.75. The molecule has 2 rings (SSSR count). The molecule has 0 radical (unpaired) electrons. The quantitative estimate of drug-likeness (QED) is 0.882. The first kappa shape index (κ1) is 13.1. The van der Waals surface area contributed by atoms with Crippen LogP contribution >= 0.6 is 11.6 Å². The second-order valence-electron chi connectivity index (χ2n) is 4.93. The van der Waals surface area contributed by atoms with E-state index in [0.29, 0.717) is 16.5 Å². The summed E-state index contributed by atoms with van der Waals surface area (Å²) in [4.78, 5) is 16.4. The Kier molecular flexibility index (Phi) is 3.76. The zero-order valence-electron chi connectivity index (χ0n) is 10.7. The molecule has 4 nitrogen and oxygen atoms in total. The molecule has 0 bridgehead atoms. The topological polar surface area (TPSA) is 54.0 Å². The van der Waals surface area contributed by atoms with Crippen molar-refractivity contribution >= 4 is 23.3 Å². The predicted octanol–water partition coefficient (Wildman–Crippen LogP) is 2.84. The monoisotopic (exact) mass is 267 g/mol. The van der Waals surface area contributed by atoms with Crippen LogP contribution in [0.1, 0.15) is 43.6 Å². The van der Waals surface area contributed by atoms with Crippen molar-refractivity contribution in [1.82, 2.24) is 10.3 Å². The lowest BCUT2D eigenvalue weighted by molar-refractivity contribution is 0.0845. The van der Waals surface area contributed by atoms with Crippen LogP contribution < -0.4 is 10.6 Å². The number of carbonyl (C=O) groups excluding carboxylic acids is 1. The molecule has 0 aromatic carbocycles. The minimum atomic E-state index is -0.193. The lowest BCUT2D eigenvalue weighted by Gasteiger charge is -2.39. The number of amides is 1. The van der Waals surface area contributed by atoms with E-state index < -0.39 is 0 Å². The van der Waals surface area contributed by atoms with Gasteiger partial charge in [-0.25, -0.2) is 4.98 Å². The van der Waals surface area contributed by atoms with Crippen molar-refractivity contribution in [3.05, 3.63) is 22.8 Å². The number of pyridine rings is 1. The lowest BCUT2D eigenvalue weighted by Crippen LogP contribution is -2.51. The molecule has 2 N–H and O–H groups in total. The Labute approximate surface area is 112 Å². The Morgan fingerprint density at radius 3 is 2.78 bits per heavy atom. The van der Waals surface area contributed by atoms with Crippen LogP contribution in [0.4, 0.5) is 5.82 Å². The van der Waals surface area contributed by atoms with Crippen LogP contribution in [-0.4, -0.2) is 23.0 Å². The number of hydrogen-bond acceptors (Lipinski definition) is 3. The maximum atomic E-state index is 12.1. The lowest BCUT2D eigenvalue weighted by atomic mass is 9.78. The smallest absolute Gasteiger partial charge is 0.271 e. The molecule has 1 aromatic rings. The SMILES string of the molecule is CCNc1ccc(Cl)c(C(=O)NC2(C)CCC2)n1. The van der Waals surface area contributed by atoms with Crippen molar-refractivity contribution < 1.29 is 4.79 Å². The summed E-state index contributed by atoms with van der Waals surface area (Å²) in [5, 5.41) is 6.46. The molecule has 0 saturated heterocycles. The zero-order chi connectivity index (χ0) is 13.2. The van der Waals surface area contributed by atoms with Gasteiger partial charge < -0.3 is 10.6 Å². The highest BCUT2D eigenvalue weighted by atomic mass is 35.5. The van der Waals surface area contributed by atoms with E-state index in [4.69, 9.17) is 11.6 Å². The standard InChI is InChI=1S/C13H18ClN3O/c1-3-15-10-6-5-9(14)11(16-10)12(18)17-13(2)7-4-8-13/h5-6H,3-4,7-8H2,1-2H3,(H,15,16)(H,17,18). The molecule has 1 fully saturated rings. The summed E-state index contributed by atoms with van der Waals surface area (Å²) in [5.74, 6) is 0.479. The van der Waals surface area contributed by atoms with Gasteiger partial charge in [-0.3, -0.25) is 4.79 Å². The maximum Gasteiger partial charge on any atom is 0.271 e. The van der Waals surface area contributed by atoms with Crippen LogP contribution in [0.15, 0.2) is 12.1 Å². The Hall–Kier alpha value is -1.29. The molecule has 1 aliphatic rings. The predicted molar refractivity (Wildman–Crippen MR) is 73.1 cm³/mol. The van der Waals surface area contributed by atoms with Gasteiger partial charge in [0.05, 0.1) is 5.02 Å². The third-order valence-electron chi connectivity index (χ3n) is 3.29. The van der Waals surface area contributed by atoms with E-state index in [1.54, 1.807) is 12.1 Å². The number of halogens is 1. The fourth-order valence-electron chi connectivity index (χ4n) is 2.05. The molecule has 0 atom stereocenters. The molecule has 1 aromatic heterocycles. The van der Waals surface area contributed by atoms with E-state index >= 15 is 0 Å². The van der Waals surface area contributed by atoms with Gasteiger partial charge >= 0.3 is 0 Å². The summed E-state index contributed by atoms with van der Waals surface area (Å²) in [6, 6.07) is 3.47. The summed E-state index contributed by atoms with van der Waals surface area (Å²) in [5.41, 5.74) is 0.208. The molecule has 0 unspecified atom stereocenters. The first-order chi connectivity index (χ1) is 8.54. The van der Waals surface area contributed by atoms with Gasteiger partial charge in [-0.1, -0.05) is 11.6 Å². The Morgan fingerprint density at radius 1 is 1.50 bits per heavy atom. The number of carbonyl (C=O) groups is 1. The first-order valence-corrected chi connectivity index (χ1v) is 6.65. The number of aromatic nitrogens is 1. The number of rotatable bonds is 4. The molecular formula is C13H18ClN3O. The van der Waals surface area contributed by atoms with Crippen LogP contribution in [0.2, 0.25) is 5.02 Å². The minimum absolute atomic E-state index is 0.0870. The number of nitrogens with one attached hydrogen (secondary N) is 2. The highest BCUT2D eigenvalue weighted by Crippen LogP contribution is 2.31. The molecule has 0 aliphatic heterocycles. The Balaban J connectivity index is 2.15. The summed E-state index contributed by atoms with van der Waals surface area (Å²) >= 11 is 6.03. The number of nitrogens with zero attached hydrogens (tertiary/aromatic N) is 1. The molecule has 1 aliphatic carbocycles. The molecule has 1 heterocycles. The van der Waals surface area contributed by atoms with E-state index in [2.05, 4.69) is 22.5 Å². The van der Waals surface area contributed by atoms with Gasteiger partial charge in [0.15, 0.2) is 0 Å². The van der Waals surface area contributed by atoms with Crippen molar-refractivity contribution in [2.75, 3.05) is 11.9 Å². The Morgan fingerprint density at radius 2 is 2.22 bits per heavy atom. The van der Waals surface area contributed by atoms with Crippen LogP contribution in [0, 0.1) is 0 Å². The van der Waals surface area contributed by atoms with Gasteiger partial charge in [0.1, 0.15) is 11.5 Å². The van der Waals surface area contributed by atoms with Crippen molar-refractivity contribution in [2.45, 2.75) is 38.6 Å². The van der Waals surface area contributed by atoms with Crippen LogP contribution in [0.3, 0.4) is 0 Å². The number of anilines is 1. The Bertz CT molecular complexity index is 458. The first-order valence-electron chi connectivity index (χ1n) is 6.27. The highest BCUT2D eigenvalue weighted by Gasteiger charge is 2.34. The van der Waals surface area contributed by atoms with Gasteiger partial charge in [-0.05, 0) is 45.2 Å². The van der Waals surface area contributed by atoms with E-state index in [0.717, 1.165) is 25.8 Å². The second kappa shape index (κ2) is 5.14. The average molecular weight is 268 g/mol. The van der Waals surface area contributed by atoms with Gasteiger partial charge in [0.25, 0.3) is 5.91 Å². The van der Waals surface area contributed by atoms with Crippen molar-refractivity contribution in [1.29, 1.82) is 0 Å². The van der Waals surface area contributed by atoms with E-state index in [1.165, 1.54) is 0 Å². The van der Waals surface area contributed by atoms with Crippen LogP contribution in [0.25, 0.3) is 0 Å². The van der Waals surface area contributed by atoms with Crippen LogP contribution in [0.5, 0.6) is 0 Å². The van der Waals surface area contributed by atoms with E-state index in [-0.39, 0.29) is 11.4 Å². The fraction of sp³-hybridized carbons (Fsp3) is 0.538. The average Bonchev–Trinajstić information content (AvgIpc) is 2.30. The molecule has 1 saturated carbocycles. The van der Waals surface area contributed by atoms with Gasteiger partial charge in [0, 0.05) is 12.1 Å². The van der Waals surface area contributed by atoms with Crippen LogP contribution in [-0.2, 0) is 0 Å². The molecule has 98 valence electrons. The van der Waals surface area contributed by atoms with Crippen molar-refractivity contribution in [3.8, 4) is 0 Å². The summed E-state index contributed by atoms with van der Waals surface area (Å²) in [6.07, 6.45) is 3.20. The maximum absolute atomic E-state index is 12.1. The molecule has 0 spiro atoms. The summed E-state index contributed by atoms with van der Waals surface area (Å²) in [6.45, 7) is 4.79. The van der Waals surface area contributed by atoms with E-state index in [1.807, 2.05) is 6.92 Å². The highest BCUT2D eigenvalue weighted by molar-refractivity contribution is 6.33. The van der Waals surface area contributed by atoms with Gasteiger partial charge in [-0.2, -0.15) is 0 Å². The van der Waals surface area contributed by atoms with E-state index in [9.17, 15) is 4.79 Å². The largest absolute Gasteiger partial charge is 0.370 e.